The van der Waals surface area contributed by atoms with E-state index in [0.717, 1.165) is 23.1 Å². The van der Waals surface area contributed by atoms with Crippen molar-refractivity contribution in [3.05, 3.63) is 51.5 Å². The molecule has 1 aromatic carbocycles. The summed E-state index contributed by atoms with van der Waals surface area (Å²) in [6.45, 7) is 4.19. The van der Waals surface area contributed by atoms with Crippen LogP contribution in [0.3, 0.4) is 0 Å². The largest absolute Gasteiger partial charge is 0.326 e. The highest BCUT2D eigenvalue weighted by Crippen LogP contribution is 2.31. The Kier molecular flexibility index (Phi) is 4.18. The summed E-state index contributed by atoms with van der Waals surface area (Å²) >= 11 is 3.57. The molecule has 1 heterocycles. The molecular formula is C17H22BrN3. The third-order valence-corrected chi connectivity index (χ3v) is 4.81. The van der Waals surface area contributed by atoms with Crippen molar-refractivity contribution in [1.82, 2.24) is 9.55 Å². The minimum Gasteiger partial charge on any atom is -0.326 e. The topological polar surface area (TPSA) is 43.8 Å². The van der Waals surface area contributed by atoms with Crippen LogP contribution in [0.5, 0.6) is 0 Å². The van der Waals surface area contributed by atoms with Gasteiger partial charge in [-0.25, -0.2) is 4.98 Å². The fourth-order valence-electron chi connectivity index (χ4n) is 3.45. The van der Waals surface area contributed by atoms with Crippen LogP contribution in [0.4, 0.5) is 0 Å². The predicted octanol–water partition coefficient (Wildman–Crippen LogP) is 3.77. The number of halogens is 1. The minimum absolute atomic E-state index is 0.0400. The number of aryl methyl sites for hydroxylation is 2. The minimum atomic E-state index is 0.0400. The van der Waals surface area contributed by atoms with Gasteiger partial charge in [-0.1, -0.05) is 28.1 Å². The Bertz CT molecular complexity index is 645. The summed E-state index contributed by atoms with van der Waals surface area (Å²) in [5.74, 6) is 1.09. The smallest absolute Gasteiger partial charge is 0.106 e. The van der Waals surface area contributed by atoms with Crippen molar-refractivity contribution in [2.75, 3.05) is 0 Å². The third kappa shape index (κ3) is 2.79. The lowest BCUT2D eigenvalue weighted by Crippen LogP contribution is -2.32. The van der Waals surface area contributed by atoms with Gasteiger partial charge < -0.3 is 10.3 Å². The van der Waals surface area contributed by atoms with E-state index in [1.165, 1.54) is 29.8 Å². The van der Waals surface area contributed by atoms with Crippen molar-refractivity contribution in [3.8, 4) is 0 Å². The van der Waals surface area contributed by atoms with Crippen LogP contribution in [0.15, 0.2) is 28.7 Å². The molecule has 1 aliphatic carbocycles. The van der Waals surface area contributed by atoms with Crippen molar-refractivity contribution >= 4 is 15.9 Å². The molecule has 2 unspecified atom stereocenters. The van der Waals surface area contributed by atoms with Gasteiger partial charge in [0.15, 0.2) is 0 Å². The molecule has 0 saturated carbocycles. The molecule has 2 aromatic rings. The molecule has 0 spiro atoms. The molecule has 3 rings (SSSR count). The quantitative estimate of drug-likeness (QED) is 0.918. The first-order valence-corrected chi connectivity index (χ1v) is 8.45. The molecule has 0 saturated heterocycles. The number of nitrogens with two attached hydrogens (primary N) is 1. The van der Waals surface area contributed by atoms with Crippen LogP contribution in [0.25, 0.3) is 0 Å². The van der Waals surface area contributed by atoms with Gasteiger partial charge in [0.05, 0.1) is 11.7 Å². The van der Waals surface area contributed by atoms with Gasteiger partial charge in [-0.2, -0.15) is 0 Å². The first-order chi connectivity index (χ1) is 10.1. The van der Waals surface area contributed by atoms with Crippen LogP contribution >= 0.6 is 15.9 Å². The molecular weight excluding hydrogens is 326 g/mol. The van der Waals surface area contributed by atoms with E-state index in [1.807, 2.05) is 0 Å². The van der Waals surface area contributed by atoms with Gasteiger partial charge in [0.1, 0.15) is 5.82 Å². The van der Waals surface area contributed by atoms with E-state index < -0.39 is 0 Å². The Morgan fingerprint density at radius 3 is 2.76 bits per heavy atom. The maximum absolute atomic E-state index is 6.35. The van der Waals surface area contributed by atoms with Crippen LogP contribution in [-0.4, -0.2) is 15.6 Å². The van der Waals surface area contributed by atoms with Crippen molar-refractivity contribution in [3.63, 3.8) is 0 Å². The summed E-state index contributed by atoms with van der Waals surface area (Å²) in [5.41, 5.74) is 10.3. The maximum Gasteiger partial charge on any atom is 0.106 e. The zero-order valence-corrected chi connectivity index (χ0v) is 14.2. The molecule has 0 amide bonds. The number of benzene rings is 1. The Hall–Kier alpha value is -1.13. The number of hydrogen-bond donors (Lipinski definition) is 1. The Morgan fingerprint density at radius 2 is 2.05 bits per heavy atom. The van der Waals surface area contributed by atoms with Crippen LogP contribution in [0, 0.1) is 6.92 Å². The summed E-state index contributed by atoms with van der Waals surface area (Å²) < 4.78 is 3.47. The third-order valence-electron chi connectivity index (χ3n) is 4.31. The van der Waals surface area contributed by atoms with E-state index >= 15 is 0 Å². The predicted molar refractivity (Wildman–Crippen MR) is 89.5 cm³/mol. The standard InChI is InChI=1S/C17H22BrN3/c1-11(19)17(13-6-5-7-14(18)10-13)21-12(2)20-15-8-3-4-9-16(15)21/h5-7,10-11,17H,3-4,8-9,19H2,1-2H3. The van der Waals surface area contributed by atoms with E-state index in [0.29, 0.717) is 0 Å². The molecule has 3 nitrogen and oxygen atoms in total. The Balaban J connectivity index is 2.12. The fourth-order valence-corrected chi connectivity index (χ4v) is 3.86. The highest BCUT2D eigenvalue weighted by molar-refractivity contribution is 9.10. The Labute approximate surface area is 134 Å². The van der Waals surface area contributed by atoms with E-state index in [1.54, 1.807) is 0 Å². The second kappa shape index (κ2) is 5.93. The molecule has 0 aliphatic heterocycles. The zero-order valence-electron chi connectivity index (χ0n) is 12.6. The first-order valence-electron chi connectivity index (χ1n) is 7.65. The van der Waals surface area contributed by atoms with Gasteiger partial charge in [-0.15, -0.1) is 0 Å². The summed E-state index contributed by atoms with van der Waals surface area (Å²) in [6, 6.07) is 8.65. The average Bonchev–Trinajstić information content (AvgIpc) is 2.76. The lowest BCUT2D eigenvalue weighted by Gasteiger charge is -2.27. The van der Waals surface area contributed by atoms with Gasteiger partial charge >= 0.3 is 0 Å². The summed E-state index contributed by atoms with van der Waals surface area (Å²) in [5, 5.41) is 0. The van der Waals surface area contributed by atoms with Gasteiger partial charge in [0, 0.05) is 16.2 Å². The molecule has 0 radical (unpaired) electrons. The second-order valence-electron chi connectivity index (χ2n) is 5.99. The summed E-state index contributed by atoms with van der Waals surface area (Å²) in [7, 11) is 0. The Morgan fingerprint density at radius 1 is 1.29 bits per heavy atom. The van der Waals surface area contributed by atoms with Gasteiger partial charge in [-0.05, 0) is 57.2 Å². The van der Waals surface area contributed by atoms with Crippen LogP contribution < -0.4 is 5.73 Å². The average molecular weight is 348 g/mol. The number of hydrogen-bond acceptors (Lipinski definition) is 2. The lowest BCUT2D eigenvalue weighted by molar-refractivity contribution is 0.465. The normalized spacial score (nSPS) is 17.3. The fraction of sp³-hybridized carbons (Fsp3) is 0.471. The zero-order chi connectivity index (χ0) is 15.0. The summed E-state index contributed by atoms with van der Waals surface area (Å²) in [4.78, 5) is 4.80. The number of imidazole rings is 1. The number of rotatable bonds is 3. The van der Waals surface area contributed by atoms with E-state index in [9.17, 15) is 0 Å². The van der Waals surface area contributed by atoms with Crippen molar-refractivity contribution in [2.45, 2.75) is 51.6 Å². The lowest BCUT2D eigenvalue weighted by atomic mass is 9.97. The summed E-state index contributed by atoms with van der Waals surface area (Å²) in [6.07, 6.45) is 4.73. The van der Waals surface area contributed by atoms with Gasteiger partial charge in [0.2, 0.25) is 0 Å². The van der Waals surface area contributed by atoms with E-state index in [4.69, 9.17) is 10.7 Å². The highest BCUT2D eigenvalue weighted by Gasteiger charge is 2.26. The van der Waals surface area contributed by atoms with Crippen LogP contribution in [0.2, 0.25) is 0 Å². The molecule has 0 bridgehead atoms. The second-order valence-corrected chi connectivity index (χ2v) is 6.90. The SMILES string of the molecule is Cc1nc2c(n1C(c1cccc(Br)c1)C(C)N)CCCC2. The molecule has 1 aliphatic rings. The maximum atomic E-state index is 6.35. The molecule has 112 valence electrons. The van der Waals surface area contributed by atoms with Crippen molar-refractivity contribution < 1.29 is 0 Å². The number of aromatic nitrogens is 2. The van der Waals surface area contributed by atoms with Crippen LogP contribution in [0.1, 0.15) is 48.6 Å². The van der Waals surface area contributed by atoms with Crippen LogP contribution in [-0.2, 0) is 12.8 Å². The van der Waals surface area contributed by atoms with E-state index in [-0.39, 0.29) is 12.1 Å². The molecule has 2 N–H and O–H groups in total. The molecule has 21 heavy (non-hydrogen) atoms. The number of nitrogens with zero attached hydrogens (tertiary/aromatic N) is 2. The first kappa shape index (κ1) is 14.8. The van der Waals surface area contributed by atoms with Gasteiger partial charge in [0.25, 0.3) is 0 Å². The molecule has 0 fully saturated rings. The molecule has 4 heteroatoms. The number of fused-ring (bicyclic) bond motifs is 1. The monoisotopic (exact) mass is 347 g/mol. The van der Waals surface area contributed by atoms with Crippen molar-refractivity contribution in [1.29, 1.82) is 0 Å². The molecule has 1 aromatic heterocycles. The molecule has 2 atom stereocenters. The van der Waals surface area contributed by atoms with E-state index in [2.05, 4.69) is 58.6 Å². The van der Waals surface area contributed by atoms with Gasteiger partial charge in [-0.3, -0.25) is 0 Å². The highest BCUT2D eigenvalue weighted by atomic mass is 79.9. The van der Waals surface area contributed by atoms with Crippen molar-refractivity contribution in [2.24, 2.45) is 5.73 Å².